The second-order valence-electron chi connectivity index (χ2n) is 4.28. The Morgan fingerprint density at radius 1 is 1.22 bits per heavy atom. The molecule has 3 N–H and O–H groups in total. The van der Waals surface area contributed by atoms with Crippen molar-refractivity contribution in [3.63, 3.8) is 0 Å². The molecule has 0 saturated heterocycles. The van der Waals surface area contributed by atoms with Crippen molar-refractivity contribution in [3.05, 3.63) is 0 Å². The number of sulfonamides is 1. The van der Waals surface area contributed by atoms with Crippen molar-refractivity contribution in [1.29, 1.82) is 0 Å². The van der Waals surface area contributed by atoms with E-state index in [2.05, 4.69) is 10.0 Å². The molecule has 0 aromatic rings. The summed E-state index contributed by atoms with van der Waals surface area (Å²) in [5.74, 6) is -1.35. The Hall–Kier alpha value is -1.15. The fraction of sp³-hybridized carbons (Fsp3) is 0.800. The van der Waals surface area contributed by atoms with Crippen molar-refractivity contribution in [3.8, 4) is 0 Å². The van der Waals surface area contributed by atoms with Gasteiger partial charge in [-0.1, -0.05) is 6.92 Å². The van der Waals surface area contributed by atoms with Crippen LogP contribution in [-0.2, 0) is 19.6 Å². The highest BCUT2D eigenvalue weighted by atomic mass is 32.2. The Bertz CT molecular complexity index is 380. The molecule has 0 saturated carbocycles. The first-order valence-electron chi connectivity index (χ1n) is 5.64. The van der Waals surface area contributed by atoms with Crippen molar-refractivity contribution in [2.24, 2.45) is 5.92 Å². The largest absolute Gasteiger partial charge is 0.481 e. The molecule has 18 heavy (non-hydrogen) atoms. The number of hydrogen-bond donors (Lipinski definition) is 3. The summed E-state index contributed by atoms with van der Waals surface area (Å²) in [5, 5.41) is 11.1. The number of aliphatic carboxylic acids is 1. The molecule has 0 spiro atoms. The molecule has 1 unspecified atom stereocenters. The summed E-state index contributed by atoms with van der Waals surface area (Å²) in [6.07, 6.45) is 1.68. The van der Waals surface area contributed by atoms with Gasteiger partial charge in [-0.25, -0.2) is 13.1 Å². The zero-order valence-electron chi connectivity index (χ0n) is 10.6. The van der Waals surface area contributed by atoms with Gasteiger partial charge in [0.25, 0.3) is 0 Å². The number of rotatable bonds is 9. The van der Waals surface area contributed by atoms with Crippen molar-refractivity contribution < 1.29 is 23.1 Å². The van der Waals surface area contributed by atoms with Crippen molar-refractivity contribution in [2.45, 2.75) is 26.2 Å². The van der Waals surface area contributed by atoms with Gasteiger partial charge < -0.3 is 10.4 Å². The van der Waals surface area contributed by atoms with E-state index in [9.17, 15) is 18.0 Å². The lowest BCUT2D eigenvalue weighted by Crippen LogP contribution is -2.30. The molecule has 0 aliphatic heterocycles. The maximum absolute atomic E-state index is 11.4. The van der Waals surface area contributed by atoms with Gasteiger partial charge in [-0.15, -0.1) is 0 Å². The first-order chi connectivity index (χ1) is 8.20. The van der Waals surface area contributed by atoms with Crippen LogP contribution in [0.25, 0.3) is 0 Å². The van der Waals surface area contributed by atoms with Crippen LogP contribution < -0.4 is 10.0 Å². The lowest BCUT2D eigenvalue weighted by atomic mass is 10.0. The summed E-state index contributed by atoms with van der Waals surface area (Å²) >= 11 is 0. The Labute approximate surface area is 107 Å². The van der Waals surface area contributed by atoms with Gasteiger partial charge in [-0.3, -0.25) is 9.59 Å². The van der Waals surface area contributed by atoms with E-state index in [0.717, 1.165) is 6.26 Å². The van der Waals surface area contributed by atoms with E-state index < -0.39 is 16.0 Å². The van der Waals surface area contributed by atoms with Crippen LogP contribution in [-0.4, -0.2) is 44.7 Å². The third kappa shape index (κ3) is 11.3. The van der Waals surface area contributed by atoms with Crippen LogP contribution in [0.1, 0.15) is 26.2 Å². The van der Waals surface area contributed by atoms with Crippen LogP contribution >= 0.6 is 0 Å². The van der Waals surface area contributed by atoms with E-state index in [4.69, 9.17) is 5.11 Å². The van der Waals surface area contributed by atoms with Crippen LogP contribution in [0.2, 0.25) is 0 Å². The van der Waals surface area contributed by atoms with E-state index in [-0.39, 0.29) is 31.2 Å². The van der Waals surface area contributed by atoms with E-state index >= 15 is 0 Å². The molecule has 0 heterocycles. The van der Waals surface area contributed by atoms with Crippen LogP contribution in [0.5, 0.6) is 0 Å². The van der Waals surface area contributed by atoms with Gasteiger partial charge in [0.05, 0.1) is 6.26 Å². The van der Waals surface area contributed by atoms with E-state index in [0.29, 0.717) is 13.0 Å². The average Bonchev–Trinajstić information content (AvgIpc) is 2.13. The van der Waals surface area contributed by atoms with Gasteiger partial charge in [0.2, 0.25) is 15.9 Å². The fourth-order valence-corrected chi connectivity index (χ4v) is 1.85. The molecule has 7 nitrogen and oxygen atoms in total. The number of nitrogens with one attached hydrogen (secondary N) is 2. The van der Waals surface area contributed by atoms with Gasteiger partial charge in [-0.05, 0) is 12.3 Å². The molecular formula is C10H20N2O5S. The van der Waals surface area contributed by atoms with Gasteiger partial charge >= 0.3 is 5.97 Å². The van der Waals surface area contributed by atoms with Gasteiger partial charge in [0, 0.05) is 25.9 Å². The van der Waals surface area contributed by atoms with Gasteiger partial charge in [0.15, 0.2) is 0 Å². The number of carbonyl (C=O) groups excluding carboxylic acids is 1. The predicted molar refractivity (Wildman–Crippen MR) is 66.5 cm³/mol. The van der Waals surface area contributed by atoms with E-state index in [1.165, 1.54) is 0 Å². The van der Waals surface area contributed by atoms with Gasteiger partial charge in [0.1, 0.15) is 0 Å². The lowest BCUT2D eigenvalue weighted by molar-refractivity contribution is -0.138. The number of hydrogen-bond acceptors (Lipinski definition) is 4. The highest BCUT2D eigenvalue weighted by Crippen LogP contribution is 2.06. The minimum atomic E-state index is -3.19. The summed E-state index contributed by atoms with van der Waals surface area (Å²) < 4.78 is 23.8. The molecule has 0 fully saturated rings. The fourth-order valence-electron chi connectivity index (χ4n) is 1.33. The second kappa shape index (κ2) is 8.04. The summed E-state index contributed by atoms with van der Waals surface area (Å²) in [6, 6.07) is 0. The first kappa shape index (κ1) is 16.9. The molecule has 106 valence electrons. The highest BCUT2D eigenvalue weighted by Gasteiger charge is 2.12. The standard InChI is InChI=1S/C10H20N2O5S/c1-8(7-10(14)15)6-9(13)11-4-3-5-12-18(2,16)17/h8,12H,3-7H2,1-2H3,(H,11,13)(H,14,15). The molecule has 1 amide bonds. The molecule has 0 rings (SSSR count). The zero-order chi connectivity index (χ0) is 14.2. The zero-order valence-corrected chi connectivity index (χ0v) is 11.4. The quantitative estimate of drug-likeness (QED) is 0.495. The maximum atomic E-state index is 11.4. The Morgan fingerprint density at radius 2 is 1.83 bits per heavy atom. The Morgan fingerprint density at radius 3 is 2.33 bits per heavy atom. The number of amides is 1. The summed E-state index contributed by atoms with van der Waals surface area (Å²) in [5.41, 5.74) is 0. The summed E-state index contributed by atoms with van der Waals surface area (Å²) in [4.78, 5) is 21.7. The minimum Gasteiger partial charge on any atom is -0.481 e. The maximum Gasteiger partial charge on any atom is 0.303 e. The predicted octanol–water partition coefficient (Wildman–Crippen LogP) is -0.457. The number of carboxylic acid groups (broad SMARTS) is 1. The van der Waals surface area contributed by atoms with Crippen LogP contribution in [0.4, 0.5) is 0 Å². The molecule has 0 aliphatic rings. The smallest absolute Gasteiger partial charge is 0.303 e. The van der Waals surface area contributed by atoms with Crippen molar-refractivity contribution in [1.82, 2.24) is 10.0 Å². The van der Waals surface area contributed by atoms with Crippen LogP contribution in [0.3, 0.4) is 0 Å². The minimum absolute atomic E-state index is 0.0386. The Kier molecular flexibility index (Phi) is 7.53. The SMILES string of the molecule is CC(CC(=O)O)CC(=O)NCCCNS(C)(=O)=O. The molecule has 0 aromatic heterocycles. The van der Waals surface area contributed by atoms with Crippen molar-refractivity contribution in [2.75, 3.05) is 19.3 Å². The number of carbonyl (C=O) groups is 2. The number of carboxylic acids is 1. The monoisotopic (exact) mass is 280 g/mol. The van der Waals surface area contributed by atoms with E-state index in [1.54, 1.807) is 6.92 Å². The van der Waals surface area contributed by atoms with Gasteiger partial charge in [-0.2, -0.15) is 0 Å². The highest BCUT2D eigenvalue weighted by molar-refractivity contribution is 7.88. The van der Waals surface area contributed by atoms with Crippen LogP contribution in [0, 0.1) is 5.92 Å². The molecule has 0 radical (unpaired) electrons. The summed E-state index contributed by atoms with van der Waals surface area (Å²) in [6.45, 7) is 2.32. The van der Waals surface area contributed by atoms with Crippen molar-refractivity contribution >= 4 is 21.9 Å². The molecule has 0 bridgehead atoms. The second-order valence-corrected chi connectivity index (χ2v) is 6.11. The summed E-state index contributed by atoms with van der Waals surface area (Å²) in [7, 11) is -3.19. The van der Waals surface area contributed by atoms with Crippen LogP contribution in [0.15, 0.2) is 0 Å². The molecule has 0 aliphatic carbocycles. The third-order valence-corrected chi connectivity index (χ3v) is 2.83. The first-order valence-corrected chi connectivity index (χ1v) is 7.53. The third-order valence-electron chi connectivity index (χ3n) is 2.10. The average molecular weight is 280 g/mol. The molecule has 1 atom stereocenters. The molecular weight excluding hydrogens is 260 g/mol. The normalized spacial score (nSPS) is 13.0. The molecule has 8 heteroatoms. The Balaban J connectivity index is 3.62. The van der Waals surface area contributed by atoms with E-state index in [1.807, 2.05) is 0 Å². The molecule has 0 aromatic carbocycles. The lowest BCUT2D eigenvalue weighted by Gasteiger charge is -2.09. The topological polar surface area (TPSA) is 113 Å².